The smallest absolute Gasteiger partial charge is 0.145 e. The molecule has 2 aromatic rings. The van der Waals surface area contributed by atoms with Gasteiger partial charge in [-0.15, -0.1) is 11.8 Å². The summed E-state index contributed by atoms with van der Waals surface area (Å²) >= 11 is 1.89. The molecule has 1 atom stereocenters. The van der Waals surface area contributed by atoms with Crippen LogP contribution in [0, 0.1) is 5.82 Å². The highest BCUT2D eigenvalue weighted by Gasteiger charge is 2.21. The van der Waals surface area contributed by atoms with E-state index in [0.29, 0.717) is 12.4 Å². The van der Waals surface area contributed by atoms with Crippen molar-refractivity contribution in [1.29, 1.82) is 0 Å². The molecule has 0 saturated carbocycles. The molecule has 0 spiro atoms. The Labute approximate surface area is 128 Å². The number of thioether (sulfide) groups is 1. The number of nitrogens with one attached hydrogen (secondary N) is 1. The van der Waals surface area contributed by atoms with Gasteiger partial charge in [-0.2, -0.15) is 0 Å². The zero-order chi connectivity index (χ0) is 14.7. The monoisotopic (exact) mass is 303 g/mol. The third kappa shape index (κ3) is 3.16. The Kier molecular flexibility index (Phi) is 4.34. The van der Waals surface area contributed by atoms with Crippen molar-refractivity contribution in [3.05, 3.63) is 53.8 Å². The van der Waals surface area contributed by atoms with E-state index in [1.165, 1.54) is 22.6 Å². The Balaban J connectivity index is 1.88. The lowest BCUT2D eigenvalue weighted by atomic mass is 10.0. The lowest BCUT2D eigenvalue weighted by molar-refractivity contribution is 0.339. The molecule has 0 aliphatic carbocycles. The van der Waals surface area contributed by atoms with Crippen LogP contribution in [0.5, 0.6) is 5.75 Å². The van der Waals surface area contributed by atoms with Crippen LogP contribution in [0.15, 0.2) is 47.4 Å². The van der Waals surface area contributed by atoms with Gasteiger partial charge in [0.1, 0.15) is 11.6 Å². The number of benzene rings is 2. The first-order valence-corrected chi connectivity index (χ1v) is 8.17. The molecular weight excluding hydrogens is 285 g/mol. The van der Waals surface area contributed by atoms with Gasteiger partial charge in [0, 0.05) is 16.7 Å². The number of rotatable bonds is 4. The number of hydrogen-bond donors (Lipinski definition) is 1. The van der Waals surface area contributed by atoms with Crippen molar-refractivity contribution in [2.45, 2.75) is 24.3 Å². The molecule has 21 heavy (non-hydrogen) atoms. The van der Waals surface area contributed by atoms with Gasteiger partial charge in [-0.25, -0.2) is 4.39 Å². The maximum Gasteiger partial charge on any atom is 0.145 e. The average Bonchev–Trinajstić information content (AvgIpc) is 2.50. The maximum absolute atomic E-state index is 13.4. The second-order valence-corrected chi connectivity index (χ2v) is 6.08. The van der Waals surface area contributed by atoms with E-state index >= 15 is 0 Å². The van der Waals surface area contributed by atoms with Gasteiger partial charge < -0.3 is 10.1 Å². The van der Waals surface area contributed by atoms with Crippen LogP contribution in [0.1, 0.15) is 24.9 Å². The van der Waals surface area contributed by atoms with E-state index in [4.69, 9.17) is 4.74 Å². The maximum atomic E-state index is 13.4. The Bertz CT molecular complexity index is 632. The topological polar surface area (TPSA) is 21.3 Å². The predicted octanol–water partition coefficient (Wildman–Crippen LogP) is 4.87. The summed E-state index contributed by atoms with van der Waals surface area (Å²) in [4.78, 5) is 1.32. The van der Waals surface area contributed by atoms with E-state index in [1.54, 1.807) is 6.07 Å². The third-order valence-corrected chi connectivity index (χ3v) is 4.65. The molecule has 1 aliphatic heterocycles. The quantitative estimate of drug-likeness (QED) is 0.870. The van der Waals surface area contributed by atoms with Crippen LogP contribution in [-0.4, -0.2) is 12.4 Å². The van der Waals surface area contributed by atoms with Gasteiger partial charge in [0.05, 0.1) is 18.3 Å². The normalized spacial score (nSPS) is 17.1. The SMILES string of the molecule is CCOc1cc(F)ccc1NC1CCSc2ccccc21. The van der Waals surface area contributed by atoms with Crippen LogP contribution < -0.4 is 10.1 Å². The summed E-state index contributed by atoms with van der Waals surface area (Å²) < 4.78 is 18.9. The number of halogens is 1. The summed E-state index contributed by atoms with van der Waals surface area (Å²) in [5.41, 5.74) is 2.16. The highest BCUT2D eigenvalue weighted by molar-refractivity contribution is 7.99. The summed E-state index contributed by atoms with van der Waals surface area (Å²) in [5, 5.41) is 3.51. The highest BCUT2D eigenvalue weighted by atomic mass is 32.2. The first kappa shape index (κ1) is 14.3. The number of hydrogen-bond acceptors (Lipinski definition) is 3. The van der Waals surface area contributed by atoms with E-state index in [9.17, 15) is 4.39 Å². The molecule has 110 valence electrons. The molecule has 0 fully saturated rings. The van der Waals surface area contributed by atoms with Crippen molar-refractivity contribution in [3.63, 3.8) is 0 Å². The molecule has 2 nitrogen and oxygen atoms in total. The minimum absolute atomic E-state index is 0.243. The number of ether oxygens (including phenoxy) is 1. The van der Waals surface area contributed by atoms with Crippen molar-refractivity contribution in [2.75, 3.05) is 17.7 Å². The molecule has 1 heterocycles. The zero-order valence-electron chi connectivity index (χ0n) is 11.9. The minimum atomic E-state index is -0.274. The number of fused-ring (bicyclic) bond motifs is 1. The summed E-state index contributed by atoms with van der Waals surface area (Å²) in [6, 6.07) is 13.3. The minimum Gasteiger partial charge on any atom is -0.492 e. The molecule has 0 saturated heterocycles. The van der Waals surface area contributed by atoms with Crippen molar-refractivity contribution in [2.24, 2.45) is 0 Å². The molecule has 4 heteroatoms. The summed E-state index contributed by atoms with van der Waals surface area (Å²) in [6.45, 7) is 2.43. The molecule has 2 aromatic carbocycles. The Morgan fingerprint density at radius 1 is 1.29 bits per heavy atom. The van der Waals surface area contributed by atoms with E-state index in [2.05, 4.69) is 29.6 Å². The molecule has 3 rings (SSSR count). The van der Waals surface area contributed by atoms with E-state index < -0.39 is 0 Å². The highest BCUT2D eigenvalue weighted by Crippen LogP contribution is 2.39. The molecule has 0 bridgehead atoms. The second kappa shape index (κ2) is 6.39. The Morgan fingerprint density at radius 3 is 3.00 bits per heavy atom. The second-order valence-electron chi connectivity index (χ2n) is 4.95. The molecule has 1 unspecified atom stereocenters. The number of anilines is 1. The van der Waals surface area contributed by atoms with Crippen molar-refractivity contribution in [1.82, 2.24) is 0 Å². The predicted molar refractivity (Wildman–Crippen MR) is 85.7 cm³/mol. The summed E-state index contributed by atoms with van der Waals surface area (Å²) in [6.07, 6.45) is 1.05. The lowest BCUT2D eigenvalue weighted by Gasteiger charge is -2.27. The Hall–Kier alpha value is -1.68. The molecule has 1 N–H and O–H groups in total. The van der Waals surface area contributed by atoms with Crippen LogP contribution in [0.4, 0.5) is 10.1 Å². The summed E-state index contributed by atoms with van der Waals surface area (Å²) in [5.74, 6) is 1.39. The largest absolute Gasteiger partial charge is 0.492 e. The lowest BCUT2D eigenvalue weighted by Crippen LogP contribution is -2.16. The fourth-order valence-electron chi connectivity index (χ4n) is 2.57. The van der Waals surface area contributed by atoms with Gasteiger partial charge in [-0.3, -0.25) is 0 Å². The van der Waals surface area contributed by atoms with Gasteiger partial charge in [0.2, 0.25) is 0 Å². The van der Waals surface area contributed by atoms with Gasteiger partial charge in [-0.1, -0.05) is 18.2 Å². The van der Waals surface area contributed by atoms with Crippen LogP contribution in [0.25, 0.3) is 0 Å². The van der Waals surface area contributed by atoms with Crippen LogP contribution >= 0.6 is 11.8 Å². The van der Waals surface area contributed by atoms with Crippen LogP contribution in [-0.2, 0) is 0 Å². The average molecular weight is 303 g/mol. The molecule has 0 radical (unpaired) electrons. The standard InChI is InChI=1S/C17H18FNOS/c1-2-20-16-11-12(18)7-8-15(16)19-14-9-10-21-17-6-4-3-5-13(14)17/h3-8,11,14,19H,2,9-10H2,1H3. The van der Waals surface area contributed by atoms with E-state index in [1.807, 2.05) is 18.7 Å². The van der Waals surface area contributed by atoms with E-state index in [0.717, 1.165) is 17.9 Å². The van der Waals surface area contributed by atoms with Crippen molar-refractivity contribution >= 4 is 17.4 Å². The fourth-order valence-corrected chi connectivity index (χ4v) is 3.70. The molecular formula is C17H18FNOS. The van der Waals surface area contributed by atoms with Crippen molar-refractivity contribution in [3.8, 4) is 5.75 Å². The van der Waals surface area contributed by atoms with Crippen LogP contribution in [0.2, 0.25) is 0 Å². The third-order valence-electron chi connectivity index (χ3n) is 3.53. The molecule has 0 aromatic heterocycles. The summed E-state index contributed by atoms with van der Waals surface area (Å²) in [7, 11) is 0. The first-order valence-electron chi connectivity index (χ1n) is 7.18. The molecule has 0 amide bonds. The zero-order valence-corrected chi connectivity index (χ0v) is 12.8. The van der Waals surface area contributed by atoms with Gasteiger partial charge >= 0.3 is 0 Å². The fraction of sp³-hybridized carbons (Fsp3) is 0.294. The first-order chi connectivity index (χ1) is 10.3. The van der Waals surface area contributed by atoms with Gasteiger partial charge in [-0.05, 0) is 37.1 Å². The van der Waals surface area contributed by atoms with Crippen LogP contribution in [0.3, 0.4) is 0 Å². The van der Waals surface area contributed by atoms with E-state index in [-0.39, 0.29) is 11.9 Å². The Morgan fingerprint density at radius 2 is 2.14 bits per heavy atom. The van der Waals surface area contributed by atoms with Gasteiger partial charge in [0.25, 0.3) is 0 Å². The van der Waals surface area contributed by atoms with Gasteiger partial charge in [0.15, 0.2) is 0 Å². The molecule has 1 aliphatic rings. The van der Waals surface area contributed by atoms with Crippen molar-refractivity contribution < 1.29 is 9.13 Å².